The van der Waals surface area contributed by atoms with Crippen molar-refractivity contribution in [2.45, 2.75) is 11.4 Å². The number of carboxylic acids is 1. The van der Waals surface area contributed by atoms with E-state index in [1.165, 1.54) is 31.4 Å². The third-order valence-electron chi connectivity index (χ3n) is 4.01. The van der Waals surface area contributed by atoms with Gasteiger partial charge in [-0.1, -0.05) is 5.16 Å². The van der Waals surface area contributed by atoms with Crippen LogP contribution in [0.15, 0.2) is 21.8 Å². The first-order valence-electron chi connectivity index (χ1n) is 7.89. The molecule has 0 aliphatic carbocycles. The normalized spacial score (nSPS) is 21.9. The lowest BCUT2D eigenvalue weighted by Gasteiger charge is -2.50. The Bertz CT molecular complexity index is 882. The molecule has 2 amide bonds. The predicted molar refractivity (Wildman–Crippen MR) is 99.0 cm³/mol. The van der Waals surface area contributed by atoms with Crippen LogP contribution in [0.2, 0.25) is 0 Å². The molecule has 3 rings (SSSR count). The van der Waals surface area contributed by atoms with Crippen molar-refractivity contribution < 1.29 is 29.1 Å². The summed E-state index contributed by atoms with van der Waals surface area (Å²) in [5.74, 6) is -2.38. The minimum atomic E-state index is -1.46. The number of nitrogen functional groups attached to an aromatic ring is 1. The van der Waals surface area contributed by atoms with Crippen molar-refractivity contribution in [3.63, 3.8) is 0 Å². The molecule has 11 nitrogen and oxygen atoms in total. The number of aliphatic carboxylic acids is 1. The number of ether oxygens (including phenoxy) is 1. The smallest absolute Gasteiger partial charge is 0.276 e. The maximum absolute atomic E-state index is 12.6. The number of nitrogens with two attached hydrogens (primary N) is 1. The largest absolute Gasteiger partial charge is 0.543 e. The molecule has 0 spiro atoms. The van der Waals surface area contributed by atoms with Crippen LogP contribution < -0.4 is 16.2 Å². The summed E-state index contributed by atoms with van der Waals surface area (Å²) in [6, 6.07) is -0.922. The number of amides is 2. The minimum Gasteiger partial charge on any atom is -0.543 e. The number of nitrogens with zero attached hydrogens (tertiary/aromatic N) is 3. The van der Waals surface area contributed by atoms with E-state index in [1.54, 1.807) is 0 Å². The summed E-state index contributed by atoms with van der Waals surface area (Å²) in [7, 11) is 2.70. The summed E-state index contributed by atoms with van der Waals surface area (Å²) in [6.45, 7) is 0.0692. The van der Waals surface area contributed by atoms with E-state index in [1.807, 2.05) is 0 Å². The first-order valence-corrected chi connectivity index (χ1v) is 9.82. The Labute approximate surface area is 167 Å². The number of β-lactam (4-membered cyclic amide) rings is 1. The number of carbonyl (C=O) groups excluding carboxylic acids is 3. The van der Waals surface area contributed by atoms with Crippen molar-refractivity contribution in [2.24, 2.45) is 5.16 Å². The van der Waals surface area contributed by atoms with E-state index in [9.17, 15) is 19.5 Å². The van der Waals surface area contributed by atoms with E-state index in [4.69, 9.17) is 10.5 Å². The third-order valence-corrected chi connectivity index (χ3v) is 6.02. The number of hydrogen-bond acceptors (Lipinski definition) is 11. The second-order valence-corrected chi connectivity index (χ2v) is 7.72. The number of thioether (sulfide) groups is 1. The molecule has 2 aliphatic rings. The van der Waals surface area contributed by atoms with E-state index in [-0.39, 0.29) is 28.8 Å². The Hall–Kier alpha value is -2.64. The number of methoxy groups -OCH3 is 1. The quantitative estimate of drug-likeness (QED) is 0.289. The van der Waals surface area contributed by atoms with Gasteiger partial charge in [-0.05, 0) is 5.57 Å². The van der Waals surface area contributed by atoms with Gasteiger partial charge in [-0.15, -0.1) is 23.1 Å². The van der Waals surface area contributed by atoms with Crippen molar-refractivity contribution in [3.8, 4) is 0 Å². The highest BCUT2D eigenvalue weighted by atomic mass is 32.2. The Kier molecular flexibility index (Phi) is 5.86. The Morgan fingerprint density at radius 1 is 1.50 bits per heavy atom. The van der Waals surface area contributed by atoms with Crippen molar-refractivity contribution in [3.05, 3.63) is 22.3 Å². The fourth-order valence-corrected chi connectivity index (χ4v) is 4.73. The highest BCUT2D eigenvalue weighted by molar-refractivity contribution is 8.00. The number of carbonyl (C=O) groups is 3. The van der Waals surface area contributed by atoms with E-state index < -0.39 is 29.2 Å². The molecule has 28 heavy (non-hydrogen) atoms. The zero-order chi connectivity index (χ0) is 20.4. The van der Waals surface area contributed by atoms with Crippen LogP contribution in [0, 0.1) is 0 Å². The number of rotatable bonds is 7. The second kappa shape index (κ2) is 8.16. The number of aromatic nitrogens is 1. The van der Waals surface area contributed by atoms with E-state index >= 15 is 0 Å². The zero-order valence-electron chi connectivity index (χ0n) is 14.8. The number of carboxylic acid groups (broad SMARTS) is 1. The number of fused-ring (bicyclic) bond motifs is 1. The molecule has 0 radical (unpaired) electrons. The Morgan fingerprint density at radius 2 is 2.25 bits per heavy atom. The maximum Gasteiger partial charge on any atom is 0.276 e. The van der Waals surface area contributed by atoms with E-state index in [0.717, 1.165) is 16.2 Å². The first kappa shape index (κ1) is 20.1. The van der Waals surface area contributed by atoms with Crippen molar-refractivity contribution in [1.82, 2.24) is 15.2 Å². The van der Waals surface area contributed by atoms with Crippen LogP contribution in [0.1, 0.15) is 5.69 Å². The van der Waals surface area contributed by atoms with Gasteiger partial charge in [-0.2, -0.15) is 0 Å². The second-order valence-electron chi connectivity index (χ2n) is 5.73. The lowest BCUT2D eigenvalue weighted by molar-refractivity contribution is -0.301. The number of thiazole rings is 1. The van der Waals surface area contributed by atoms with Crippen LogP contribution in [-0.4, -0.2) is 71.4 Å². The lowest BCUT2D eigenvalue weighted by atomic mass is 10.0. The Balaban J connectivity index is 1.78. The van der Waals surface area contributed by atoms with Gasteiger partial charge in [0, 0.05) is 18.2 Å². The molecule has 1 aromatic rings. The molecule has 1 fully saturated rings. The summed E-state index contributed by atoms with van der Waals surface area (Å²) in [6.07, 6.45) is 0. The van der Waals surface area contributed by atoms with Crippen molar-refractivity contribution >= 4 is 51.7 Å². The topological polar surface area (TPSA) is 159 Å². The molecule has 1 aromatic heterocycles. The van der Waals surface area contributed by atoms with Gasteiger partial charge in [-0.3, -0.25) is 14.5 Å². The third kappa shape index (κ3) is 3.55. The van der Waals surface area contributed by atoms with Gasteiger partial charge in [0.25, 0.3) is 11.8 Å². The molecule has 0 bridgehead atoms. The molecular formula is C15H16N5O6S2-. The minimum absolute atomic E-state index is 0.0692. The molecule has 3 N–H and O–H groups in total. The van der Waals surface area contributed by atoms with Gasteiger partial charge in [0.05, 0.1) is 18.3 Å². The van der Waals surface area contributed by atoms with Crippen LogP contribution in [0.5, 0.6) is 0 Å². The molecule has 1 saturated heterocycles. The number of nitrogens with one attached hydrogen (secondary N) is 1. The predicted octanol–water partition coefficient (Wildman–Crippen LogP) is -1.87. The molecule has 0 unspecified atom stereocenters. The fourth-order valence-electron chi connectivity index (χ4n) is 2.86. The van der Waals surface area contributed by atoms with Crippen LogP contribution in [0.25, 0.3) is 0 Å². The average molecular weight is 426 g/mol. The van der Waals surface area contributed by atoms with Gasteiger partial charge in [0.2, 0.25) is 0 Å². The molecule has 2 aliphatic heterocycles. The molecule has 13 heteroatoms. The van der Waals surface area contributed by atoms with Crippen molar-refractivity contribution in [1.29, 1.82) is 0 Å². The number of oxime groups is 1. The van der Waals surface area contributed by atoms with Crippen molar-refractivity contribution in [2.75, 3.05) is 32.3 Å². The summed E-state index contributed by atoms with van der Waals surface area (Å²) in [5, 5.41) is 18.9. The summed E-state index contributed by atoms with van der Waals surface area (Å²) < 4.78 is 4.99. The van der Waals surface area contributed by atoms with Crippen LogP contribution in [0.3, 0.4) is 0 Å². The summed E-state index contributed by atoms with van der Waals surface area (Å²) in [5.41, 5.74) is 5.88. The van der Waals surface area contributed by atoms with Crippen LogP contribution in [0.4, 0.5) is 5.13 Å². The SMILES string of the molecule is COCC1=C(C(=O)[O-])N2C(=O)[C@@H](NC(=O)/C(=N\OC)c3csc(N)n3)[C@H]2SC1. The standard InChI is InChI=1S/C15H17N5O6S2/c1-25-3-6-4-27-13-9(12(22)20(13)10(6)14(23)24)18-11(21)8(19-26-2)7-5-28-15(16)17-7/h5,9,13H,3-4H2,1-2H3,(H2,16,17)(H,18,21)(H,23,24)/p-1/b19-8-/t9-,13-/m1/s1. The molecular weight excluding hydrogens is 410 g/mol. The molecule has 0 aromatic carbocycles. The fraction of sp³-hybridized carbons (Fsp3) is 0.400. The first-order chi connectivity index (χ1) is 13.4. The average Bonchev–Trinajstić information content (AvgIpc) is 3.09. The highest BCUT2D eigenvalue weighted by Gasteiger charge is 2.53. The summed E-state index contributed by atoms with van der Waals surface area (Å²) >= 11 is 2.44. The zero-order valence-corrected chi connectivity index (χ0v) is 16.5. The van der Waals surface area contributed by atoms with Gasteiger partial charge >= 0.3 is 0 Å². The van der Waals surface area contributed by atoms with E-state index in [2.05, 4.69) is 20.3 Å². The molecule has 150 valence electrons. The van der Waals surface area contributed by atoms with Crippen LogP contribution in [-0.2, 0) is 24.0 Å². The number of hydrogen-bond donors (Lipinski definition) is 2. The van der Waals surface area contributed by atoms with Gasteiger partial charge in [-0.25, -0.2) is 4.98 Å². The number of anilines is 1. The van der Waals surface area contributed by atoms with Gasteiger partial charge < -0.3 is 30.5 Å². The highest BCUT2D eigenvalue weighted by Crippen LogP contribution is 2.40. The molecule has 0 saturated carbocycles. The monoisotopic (exact) mass is 426 g/mol. The van der Waals surface area contributed by atoms with Gasteiger partial charge in [0.1, 0.15) is 24.2 Å². The lowest BCUT2D eigenvalue weighted by Crippen LogP contribution is -2.71. The summed E-state index contributed by atoms with van der Waals surface area (Å²) in [4.78, 5) is 46.4. The molecule has 3 heterocycles. The van der Waals surface area contributed by atoms with Gasteiger partial charge in [0.15, 0.2) is 10.8 Å². The van der Waals surface area contributed by atoms with E-state index in [0.29, 0.717) is 11.3 Å². The molecule has 2 atom stereocenters. The maximum atomic E-state index is 12.6. The van der Waals surface area contributed by atoms with Crippen LogP contribution >= 0.6 is 23.1 Å². The Morgan fingerprint density at radius 3 is 2.82 bits per heavy atom.